The maximum Gasteiger partial charge on any atom is 0.258 e. The fraction of sp³-hybridized carbons (Fsp3) is 0.0769. The van der Waals surface area contributed by atoms with Gasteiger partial charge in [-0.15, -0.1) is 0 Å². The van der Waals surface area contributed by atoms with E-state index in [4.69, 9.17) is 22.4 Å². The van der Waals surface area contributed by atoms with Crippen LogP contribution >= 0.6 is 28.1 Å². The van der Waals surface area contributed by atoms with Crippen molar-refractivity contribution >= 4 is 44.7 Å². The summed E-state index contributed by atoms with van der Waals surface area (Å²) < 4.78 is 5.93. The van der Waals surface area contributed by atoms with Crippen molar-refractivity contribution < 1.29 is 9.21 Å². The van der Waals surface area contributed by atoms with E-state index in [1.807, 2.05) is 6.07 Å². The molecule has 19 heavy (non-hydrogen) atoms. The number of thiocarbonyl (C=S) groups is 1. The van der Waals surface area contributed by atoms with E-state index in [0.717, 1.165) is 4.47 Å². The molecule has 1 heterocycles. The van der Waals surface area contributed by atoms with Crippen molar-refractivity contribution in [1.29, 1.82) is 0 Å². The average molecular weight is 339 g/mol. The zero-order chi connectivity index (χ0) is 14.0. The van der Waals surface area contributed by atoms with Gasteiger partial charge in [0.25, 0.3) is 5.91 Å². The van der Waals surface area contributed by atoms with Crippen LogP contribution in [0.15, 0.2) is 39.4 Å². The van der Waals surface area contributed by atoms with Crippen molar-refractivity contribution in [3.63, 3.8) is 0 Å². The SMILES string of the molecule is Cc1cc(C(=O)Nc2cc(Br)ccc2C(N)=S)co1. The minimum atomic E-state index is -0.271. The third kappa shape index (κ3) is 3.21. The molecular weight excluding hydrogens is 328 g/mol. The van der Waals surface area contributed by atoms with Gasteiger partial charge in [0.05, 0.1) is 11.3 Å². The highest BCUT2D eigenvalue weighted by Crippen LogP contribution is 2.22. The highest BCUT2D eigenvalue weighted by Gasteiger charge is 2.12. The largest absolute Gasteiger partial charge is 0.469 e. The summed E-state index contributed by atoms with van der Waals surface area (Å²) in [5, 5.41) is 2.77. The number of aryl methyl sites for hydroxylation is 1. The number of nitrogens with two attached hydrogens (primary N) is 1. The van der Waals surface area contributed by atoms with E-state index in [1.54, 1.807) is 25.1 Å². The molecule has 1 aromatic heterocycles. The van der Waals surface area contributed by atoms with Crippen LogP contribution in [-0.2, 0) is 0 Å². The number of furan rings is 1. The summed E-state index contributed by atoms with van der Waals surface area (Å²) in [5.74, 6) is 0.404. The topological polar surface area (TPSA) is 68.3 Å². The average Bonchev–Trinajstić information content (AvgIpc) is 2.75. The molecule has 0 aliphatic rings. The number of hydrogen-bond acceptors (Lipinski definition) is 3. The molecule has 2 rings (SSSR count). The summed E-state index contributed by atoms with van der Waals surface area (Å²) in [6.45, 7) is 1.77. The highest BCUT2D eigenvalue weighted by atomic mass is 79.9. The molecule has 1 amide bonds. The van der Waals surface area contributed by atoms with Crippen LogP contribution in [0, 0.1) is 6.92 Å². The fourth-order valence-electron chi connectivity index (χ4n) is 1.59. The van der Waals surface area contributed by atoms with Gasteiger partial charge in [0.15, 0.2) is 0 Å². The Morgan fingerprint density at radius 1 is 1.42 bits per heavy atom. The zero-order valence-electron chi connectivity index (χ0n) is 10.1. The lowest BCUT2D eigenvalue weighted by Crippen LogP contribution is -2.17. The van der Waals surface area contributed by atoms with Crippen molar-refractivity contribution in [3.8, 4) is 0 Å². The zero-order valence-corrected chi connectivity index (χ0v) is 12.5. The Labute approximate surface area is 124 Å². The lowest BCUT2D eigenvalue weighted by molar-refractivity contribution is 0.102. The quantitative estimate of drug-likeness (QED) is 0.843. The Bertz CT molecular complexity index is 652. The Balaban J connectivity index is 2.30. The molecule has 0 unspecified atom stereocenters. The van der Waals surface area contributed by atoms with Gasteiger partial charge in [-0.1, -0.05) is 28.1 Å². The first-order valence-corrected chi connectivity index (χ1v) is 6.63. The summed E-state index contributed by atoms with van der Waals surface area (Å²) in [7, 11) is 0. The van der Waals surface area contributed by atoms with E-state index in [9.17, 15) is 4.79 Å². The number of rotatable bonds is 3. The smallest absolute Gasteiger partial charge is 0.258 e. The highest BCUT2D eigenvalue weighted by molar-refractivity contribution is 9.10. The van der Waals surface area contributed by atoms with Crippen LogP contribution < -0.4 is 11.1 Å². The Morgan fingerprint density at radius 3 is 2.74 bits per heavy atom. The van der Waals surface area contributed by atoms with Gasteiger partial charge in [0.2, 0.25) is 0 Å². The third-order valence-electron chi connectivity index (χ3n) is 2.49. The van der Waals surface area contributed by atoms with Crippen LogP contribution in [0.2, 0.25) is 0 Å². The summed E-state index contributed by atoms with van der Waals surface area (Å²) in [6, 6.07) is 6.97. The van der Waals surface area contributed by atoms with E-state index in [2.05, 4.69) is 21.2 Å². The molecule has 0 radical (unpaired) electrons. The Hall–Kier alpha value is -1.66. The maximum atomic E-state index is 12.0. The maximum absolute atomic E-state index is 12.0. The molecule has 6 heteroatoms. The minimum Gasteiger partial charge on any atom is -0.469 e. The number of benzene rings is 1. The van der Waals surface area contributed by atoms with Gasteiger partial charge >= 0.3 is 0 Å². The molecule has 4 nitrogen and oxygen atoms in total. The molecule has 0 atom stereocenters. The molecule has 0 spiro atoms. The van der Waals surface area contributed by atoms with Gasteiger partial charge in [-0.25, -0.2) is 0 Å². The molecule has 0 aliphatic carbocycles. The van der Waals surface area contributed by atoms with E-state index in [1.165, 1.54) is 6.26 Å². The van der Waals surface area contributed by atoms with Gasteiger partial charge in [-0.2, -0.15) is 0 Å². The number of carbonyl (C=O) groups is 1. The molecule has 0 saturated heterocycles. The van der Waals surface area contributed by atoms with E-state index in [0.29, 0.717) is 22.6 Å². The standard InChI is InChI=1S/C13H11BrN2O2S/c1-7-4-8(6-18-7)13(17)16-11-5-9(14)2-3-10(11)12(15)19/h2-6H,1H3,(H2,15,19)(H,16,17). The van der Waals surface area contributed by atoms with Crippen LogP contribution in [-0.4, -0.2) is 10.9 Å². The lowest BCUT2D eigenvalue weighted by Gasteiger charge is -2.09. The number of nitrogens with one attached hydrogen (secondary N) is 1. The van der Waals surface area contributed by atoms with Crippen LogP contribution in [0.4, 0.5) is 5.69 Å². The number of halogens is 1. The van der Waals surface area contributed by atoms with Gasteiger partial charge in [-0.05, 0) is 31.2 Å². The number of anilines is 1. The van der Waals surface area contributed by atoms with Crippen molar-refractivity contribution in [2.45, 2.75) is 6.92 Å². The monoisotopic (exact) mass is 338 g/mol. The summed E-state index contributed by atoms with van der Waals surface area (Å²) in [4.78, 5) is 12.3. The van der Waals surface area contributed by atoms with E-state index in [-0.39, 0.29) is 10.9 Å². The molecule has 0 bridgehead atoms. The Morgan fingerprint density at radius 2 is 2.16 bits per heavy atom. The predicted octanol–water partition coefficient (Wildman–Crippen LogP) is 3.24. The van der Waals surface area contributed by atoms with Crippen molar-refractivity contribution in [3.05, 3.63) is 51.9 Å². The molecule has 98 valence electrons. The molecule has 1 aromatic carbocycles. The Kier molecular flexibility index (Phi) is 4.01. The van der Waals surface area contributed by atoms with E-state index < -0.39 is 0 Å². The second kappa shape index (κ2) is 5.54. The van der Waals surface area contributed by atoms with Gasteiger partial charge in [0.1, 0.15) is 17.0 Å². The summed E-state index contributed by atoms with van der Waals surface area (Å²) in [6.07, 6.45) is 1.41. The van der Waals surface area contributed by atoms with Crippen molar-refractivity contribution in [2.75, 3.05) is 5.32 Å². The van der Waals surface area contributed by atoms with Crippen LogP contribution in [0.1, 0.15) is 21.7 Å². The molecular formula is C13H11BrN2O2S. The number of carbonyl (C=O) groups excluding carboxylic acids is 1. The lowest BCUT2D eigenvalue weighted by atomic mass is 10.1. The van der Waals surface area contributed by atoms with Crippen molar-refractivity contribution in [1.82, 2.24) is 0 Å². The third-order valence-corrected chi connectivity index (χ3v) is 3.20. The molecule has 3 N–H and O–H groups in total. The minimum absolute atomic E-state index is 0.228. The van der Waals surface area contributed by atoms with Gasteiger partial charge in [0, 0.05) is 10.0 Å². The summed E-state index contributed by atoms with van der Waals surface area (Å²) >= 11 is 8.30. The van der Waals surface area contributed by atoms with Crippen molar-refractivity contribution in [2.24, 2.45) is 5.73 Å². The number of amides is 1. The first-order valence-electron chi connectivity index (χ1n) is 5.43. The second-order valence-electron chi connectivity index (χ2n) is 3.95. The summed E-state index contributed by atoms with van der Waals surface area (Å²) in [5.41, 5.74) is 7.26. The normalized spacial score (nSPS) is 10.2. The molecule has 0 fully saturated rings. The van der Waals surface area contributed by atoms with Crippen LogP contribution in [0.3, 0.4) is 0 Å². The first-order chi connectivity index (χ1) is 8.97. The second-order valence-corrected chi connectivity index (χ2v) is 5.31. The molecule has 2 aromatic rings. The molecule has 0 aliphatic heterocycles. The van der Waals surface area contributed by atoms with Crippen LogP contribution in [0.25, 0.3) is 0 Å². The fourth-order valence-corrected chi connectivity index (χ4v) is 2.13. The van der Waals surface area contributed by atoms with Gasteiger partial charge < -0.3 is 15.5 Å². The van der Waals surface area contributed by atoms with Gasteiger partial charge in [-0.3, -0.25) is 4.79 Å². The van der Waals surface area contributed by atoms with E-state index >= 15 is 0 Å². The van der Waals surface area contributed by atoms with Crippen LogP contribution in [0.5, 0.6) is 0 Å². The molecule has 0 saturated carbocycles. The predicted molar refractivity (Wildman–Crippen MR) is 81.4 cm³/mol. The number of hydrogen-bond donors (Lipinski definition) is 2. The first kappa shape index (κ1) is 13.8.